The van der Waals surface area contributed by atoms with E-state index in [1.165, 1.54) is 0 Å². The van der Waals surface area contributed by atoms with Gasteiger partial charge in [-0.1, -0.05) is 23.7 Å². The average Bonchev–Trinajstić information content (AvgIpc) is 2.30. The zero-order valence-corrected chi connectivity index (χ0v) is 9.88. The van der Waals surface area contributed by atoms with Gasteiger partial charge in [0.25, 0.3) is 0 Å². The number of urea groups is 1. The Labute approximate surface area is 103 Å². The molecule has 0 spiro atoms. The molecular formula is C10H12ClN3O3. The Morgan fingerprint density at radius 2 is 2.00 bits per heavy atom. The summed E-state index contributed by atoms with van der Waals surface area (Å²) in [4.78, 5) is 22.2. The minimum Gasteiger partial charge on any atom is -0.449 e. The van der Waals surface area contributed by atoms with Crippen LogP contribution in [0.1, 0.15) is 6.92 Å². The van der Waals surface area contributed by atoms with Crippen LogP contribution in [0.5, 0.6) is 0 Å². The maximum atomic E-state index is 11.3. The lowest BCUT2D eigenvalue weighted by Crippen LogP contribution is -2.44. The number of rotatable bonds is 2. The van der Waals surface area contributed by atoms with Gasteiger partial charge in [0.1, 0.15) is 0 Å². The van der Waals surface area contributed by atoms with Gasteiger partial charge in [-0.15, -0.1) is 0 Å². The summed E-state index contributed by atoms with van der Waals surface area (Å²) in [5.41, 5.74) is 4.61. The molecule has 0 radical (unpaired) electrons. The van der Waals surface area contributed by atoms with Crippen molar-refractivity contribution in [2.75, 3.05) is 11.9 Å². The standard InChI is InChI=1S/C10H12ClN3O3/c1-2-17-10(16)14-13-9(15)12-8-6-4-3-5-7(8)11/h3-6H,2H2,1H3,(H,14,16)(H2,12,13,15). The van der Waals surface area contributed by atoms with E-state index in [2.05, 4.69) is 20.9 Å². The van der Waals surface area contributed by atoms with Crippen molar-refractivity contribution < 1.29 is 14.3 Å². The molecule has 1 aromatic carbocycles. The number of carbonyl (C=O) groups is 2. The second-order valence-electron chi connectivity index (χ2n) is 2.90. The van der Waals surface area contributed by atoms with Crippen LogP contribution in [-0.4, -0.2) is 18.7 Å². The fourth-order valence-corrected chi connectivity index (χ4v) is 1.17. The predicted octanol–water partition coefficient (Wildman–Crippen LogP) is 2.12. The maximum Gasteiger partial charge on any atom is 0.426 e. The molecule has 1 aromatic rings. The highest BCUT2D eigenvalue weighted by Crippen LogP contribution is 2.19. The highest BCUT2D eigenvalue weighted by Gasteiger charge is 2.06. The monoisotopic (exact) mass is 257 g/mol. The fourth-order valence-electron chi connectivity index (χ4n) is 0.991. The number of benzene rings is 1. The van der Waals surface area contributed by atoms with Crippen molar-refractivity contribution in [1.82, 2.24) is 10.9 Å². The number of hydrogen-bond donors (Lipinski definition) is 3. The number of carbonyl (C=O) groups excluding carboxylic acids is 2. The molecule has 0 saturated heterocycles. The van der Waals surface area contributed by atoms with Crippen molar-refractivity contribution in [3.8, 4) is 0 Å². The lowest BCUT2D eigenvalue weighted by atomic mass is 10.3. The SMILES string of the molecule is CCOC(=O)NNC(=O)Nc1ccccc1Cl. The Balaban J connectivity index is 2.40. The van der Waals surface area contributed by atoms with E-state index in [0.29, 0.717) is 10.7 Å². The summed E-state index contributed by atoms with van der Waals surface area (Å²) in [5.74, 6) is 0. The molecule has 0 aliphatic heterocycles. The molecule has 3 amide bonds. The van der Waals surface area contributed by atoms with Crippen LogP contribution in [0.2, 0.25) is 5.02 Å². The van der Waals surface area contributed by atoms with Gasteiger partial charge in [-0.25, -0.2) is 20.4 Å². The summed E-state index contributed by atoms with van der Waals surface area (Å²) in [6, 6.07) is 6.11. The molecule has 0 unspecified atom stereocenters. The lowest BCUT2D eigenvalue weighted by Gasteiger charge is -2.09. The van der Waals surface area contributed by atoms with Gasteiger partial charge in [-0.05, 0) is 19.1 Å². The summed E-state index contributed by atoms with van der Waals surface area (Å²) in [6.07, 6.45) is -0.734. The number of amides is 3. The van der Waals surface area contributed by atoms with Crippen LogP contribution in [-0.2, 0) is 4.74 Å². The summed E-state index contributed by atoms with van der Waals surface area (Å²) in [6.45, 7) is 1.88. The molecule has 6 nitrogen and oxygen atoms in total. The van der Waals surface area contributed by atoms with E-state index in [1.54, 1.807) is 31.2 Å². The van der Waals surface area contributed by atoms with Crippen molar-refractivity contribution in [1.29, 1.82) is 0 Å². The Morgan fingerprint density at radius 1 is 1.29 bits per heavy atom. The molecule has 17 heavy (non-hydrogen) atoms. The van der Waals surface area contributed by atoms with Gasteiger partial charge in [-0.2, -0.15) is 0 Å². The van der Waals surface area contributed by atoms with E-state index in [-0.39, 0.29) is 6.61 Å². The van der Waals surface area contributed by atoms with Gasteiger partial charge in [-0.3, -0.25) is 0 Å². The van der Waals surface area contributed by atoms with Crippen LogP contribution in [0.15, 0.2) is 24.3 Å². The third-order valence-electron chi connectivity index (χ3n) is 1.68. The first kappa shape index (κ1) is 13.1. The molecule has 0 aliphatic carbocycles. The Hall–Kier alpha value is -1.95. The fraction of sp³-hybridized carbons (Fsp3) is 0.200. The first-order valence-electron chi connectivity index (χ1n) is 4.87. The predicted molar refractivity (Wildman–Crippen MR) is 63.8 cm³/mol. The molecule has 1 rings (SSSR count). The summed E-state index contributed by atoms with van der Waals surface area (Å²) >= 11 is 5.83. The molecule has 0 bridgehead atoms. The maximum absolute atomic E-state index is 11.3. The van der Waals surface area contributed by atoms with Crippen LogP contribution in [0.3, 0.4) is 0 Å². The number of halogens is 1. The van der Waals surface area contributed by atoms with Crippen LogP contribution >= 0.6 is 11.6 Å². The molecule has 0 heterocycles. The molecular weight excluding hydrogens is 246 g/mol. The lowest BCUT2D eigenvalue weighted by molar-refractivity contribution is 0.148. The third-order valence-corrected chi connectivity index (χ3v) is 2.01. The van der Waals surface area contributed by atoms with Crippen molar-refractivity contribution in [2.45, 2.75) is 6.92 Å². The second kappa shape index (κ2) is 6.59. The van der Waals surface area contributed by atoms with Crippen molar-refractivity contribution in [3.63, 3.8) is 0 Å². The van der Waals surface area contributed by atoms with Crippen LogP contribution in [0.25, 0.3) is 0 Å². The van der Waals surface area contributed by atoms with E-state index >= 15 is 0 Å². The van der Waals surface area contributed by atoms with E-state index in [9.17, 15) is 9.59 Å². The minimum atomic E-state index is -0.734. The Bertz CT molecular complexity index is 412. The minimum absolute atomic E-state index is 0.222. The summed E-state index contributed by atoms with van der Waals surface area (Å²) < 4.78 is 4.55. The van der Waals surface area contributed by atoms with Crippen molar-refractivity contribution in [2.24, 2.45) is 0 Å². The number of anilines is 1. The van der Waals surface area contributed by atoms with E-state index in [1.807, 2.05) is 0 Å². The van der Waals surface area contributed by atoms with Crippen LogP contribution < -0.4 is 16.2 Å². The second-order valence-corrected chi connectivity index (χ2v) is 3.31. The Kier molecular flexibility index (Phi) is 5.09. The molecule has 7 heteroatoms. The molecule has 0 aromatic heterocycles. The molecule has 0 saturated carbocycles. The normalized spacial score (nSPS) is 9.29. The van der Waals surface area contributed by atoms with Crippen molar-refractivity contribution >= 4 is 29.4 Å². The molecule has 0 fully saturated rings. The van der Waals surface area contributed by atoms with Gasteiger partial charge in [0, 0.05) is 0 Å². The van der Waals surface area contributed by atoms with Gasteiger partial charge in [0.2, 0.25) is 0 Å². The zero-order chi connectivity index (χ0) is 12.7. The van der Waals surface area contributed by atoms with E-state index in [0.717, 1.165) is 0 Å². The van der Waals surface area contributed by atoms with Gasteiger partial charge < -0.3 is 10.1 Å². The van der Waals surface area contributed by atoms with E-state index < -0.39 is 12.1 Å². The molecule has 92 valence electrons. The molecule has 3 N–H and O–H groups in total. The first-order chi connectivity index (χ1) is 8.13. The quantitative estimate of drug-likeness (QED) is 0.710. The number of para-hydroxylation sites is 1. The third kappa shape index (κ3) is 4.60. The topological polar surface area (TPSA) is 79.5 Å². The largest absolute Gasteiger partial charge is 0.449 e. The first-order valence-corrected chi connectivity index (χ1v) is 5.25. The van der Waals surface area contributed by atoms with E-state index in [4.69, 9.17) is 11.6 Å². The van der Waals surface area contributed by atoms with Gasteiger partial charge in [0.15, 0.2) is 0 Å². The van der Waals surface area contributed by atoms with Crippen molar-refractivity contribution in [3.05, 3.63) is 29.3 Å². The number of hydrazine groups is 1. The van der Waals surface area contributed by atoms with Gasteiger partial charge >= 0.3 is 12.1 Å². The summed E-state index contributed by atoms with van der Waals surface area (Å²) in [7, 11) is 0. The van der Waals surface area contributed by atoms with Crippen LogP contribution in [0, 0.1) is 0 Å². The summed E-state index contributed by atoms with van der Waals surface area (Å²) in [5, 5.41) is 2.86. The average molecular weight is 258 g/mol. The molecule has 0 atom stereocenters. The zero-order valence-electron chi connectivity index (χ0n) is 9.12. The highest BCUT2D eigenvalue weighted by atomic mass is 35.5. The Morgan fingerprint density at radius 3 is 2.65 bits per heavy atom. The highest BCUT2D eigenvalue weighted by molar-refractivity contribution is 6.33. The van der Waals surface area contributed by atoms with Gasteiger partial charge in [0.05, 0.1) is 17.3 Å². The van der Waals surface area contributed by atoms with Crippen LogP contribution in [0.4, 0.5) is 15.3 Å². The number of hydrogen-bond acceptors (Lipinski definition) is 3. The smallest absolute Gasteiger partial charge is 0.426 e. The molecule has 0 aliphatic rings. The number of ether oxygens (including phenoxy) is 1. The number of nitrogens with one attached hydrogen (secondary N) is 3.